The summed E-state index contributed by atoms with van der Waals surface area (Å²) in [5, 5.41) is 12.6. The van der Waals surface area contributed by atoms with Gasteiger partial charge < -0.3 is 5.32 Å². The highest BCUT2D eigenvalue weighted by Gasteiger charge is 2.19. The molecule has 1 aromatic rings. The molecular formula is C11H18N4O. The molecule has 3 N–H and O–H groups in total. The summed E-state index contributed by atoms with van der Waals surface area (Å²) < 4.78 is 0. The number of aromatic amines is 1. The van der Waals surface area contributed by atoms with Crippen LogP contribution in [0.15, 0.2) is 6.07 Å². The summed E-state index contributed by atoms with van der Waals surface area (Å²) in [4.78, 5) is 11.5. The quantitative estimate of drug-likeness (QED) is 0.733. The lowest BCUT2D eigenvalue weighted by molar-refractivity contribution is 0.240. The summed E-state index contributed by atoms with van der Waals surface area (Å²) >= 11 is 0. The molecule has 0 bridgehead atoms. The second kappa shape index (κ2) is 4.55. The molecule has 2 amide bonds. The number of carbonyl (C=O) groups is 1. The van der Waals surface area contributed by atoms with Gasteiger partial charge in [-0.1, -0.05) is 13.8 Å². The number of anilines is 1. The van der Waals surface area contributed by atoms with Gasteiger partial charge in [0, 0.05) is 17.8 Å². The molecule has 0 unspecified atom stereocenters. The van der Waals surface area contributed by atoms with Gasteiger partial charge in [0.2, 0.25) is 0 Å². The van der Waals surface area contributed by atoms with E-state index in [4.69, 9.17) is 0 Å². The lowest BCUT2D eigenvalue weighted by atomic mass is 9.93. The summed E-state index contributed by atoms with van der Waals surface area (Å²) in [5.41, 5.74) is 1.03. The van der Waals surface area contributed by atoms with Crippen molar-refractivity contribution in [2.45, 2.75) is 45.1 Å². The van der Waals surface area contributed by atoms with E-state index >= 15 is 0 Å². The summed E-state index contributed by atoms with van der Waals surface area (Å²) in [6, 6.07) is 2.06. The fourth-order valence-corrected chi connectivity index (χ4v) is 1.59. The molecule has 0 aromatic carbocycles. The SMILES string of the molecule is CC(C)c1cc(NC(=O)NC2CCC2)n[nH]1. The van der Waals surface area contributed by atoms with Crippen molar-refractivity contribution in [3.63, 3.8) is 0 Å². The third-order valence-corrected chi connectivity index (χ3v) is 2.90. The van der Waals surface area contributed by atoms with Crippen LogP contribution in [0.2, 0.25) is 0 Å². The third kappa shape index (κ3) is 2.53. The standard InChI is InChI=1S/C11H18N4O/c1-7(2)9-6-10(15-14-9)13-11(16)12-8-4-3-5-8/h6-8H,3-5H2,1-2H3,(H3,12,13,14,15,16). The molecule has 5 heteroatoms. The Kier molecular flexibility index (Phi) is 3.12. The molecule has 88 valence electrons. The van der Waals surface area contributed by atoms with Crippen molar-refractivity contribution in [1.82, 2.24) is 15.5 Å². The van der Waals surface area contributed by atoms with Crippen LogP contribution in [0.1, 0.15) is 44.7 Å². The molecule has 1 aliphatic rings. The fourth-order valence-electron chi connectivity index (χ4n) is 1.59. The zero-order valence-corrected chi connectivity index (χ0v) is 9.71. The van der Waals surface area contributed by atoms with Crippen molar-refractivity contribution in [1.29, 1.82) is 0 Å². The van der Waals surface area contributed by atoms with Crippen LogP contribution in [0.25, 0.3) is 0 Å². The first-order valence-electron chi connectivity index (χ1n) is 5.78. The molecule has 2 rings (SSSR count). The van der Waals surface area contributed by atoms with Crippen molar-refractivity contribution in [3.8, 4) is 0 Å². The predicted molar refractivity (Wildman–Crippen MR) is 62.5 cm³/mol. The van der Waals surface area contributed by atoms with E-state index < -0.39 is 0 Å². The Labute approximate surface area is 95.0 Å². The van der Waals surface area contributed by atoms with Crippen molar-refractivity contribution < 1.29 is 4.79 Å². The van der Waals surface area contributed by atoms with Gasteiger partial charge in [-0.25, -0.2) is 4.79 Å². The first kappa shape index (κ1) is 11.0. The Morgan fingerprint density at radius 2 is 2.31 bits per heavy atom. The largest absolute Gasteiger partial charge is 0.335 e. The number of nitrogens with one attached hydrogen (secondary N) is 3. The number of urea groups is 1. The molecule has 1 aromatic heterocycles. The predicted octanol–water partition coefficient (Wildman–Crippen LogP) is 2.21. The number of carbonyl (C=O) groups excluding carboxylic acids is 1. The van der Waals surface area contributed by atoms with E-state index in [1.807, 2.05) is 6.07 Å². The van der Waals surface area contributed by atoms with Gasteiger partial charge in [-0.3, -0.25) is 10.4 Å². The van der Waals surface area contributed by atoms with Gasteiger partial charge in [0.05, 0.1) is 0 Å². The maximum atomic E-state index is 11.5. The Morgan fingerprint density at radius 1 is 1.56 bits per heavy atom. The molecule has 5 nitrogen and oxygen atoms in total. The van der Waals surface area contributed by atoms with E-state index in [0.29, 0.717) is 17.8 Å². The summed E-state index contributed by atoms with van der Waals surface area (Å²) in [7, 11) is 0. The zero-order chi connectivity index (χ0) is 11.5. The maximum absolute atomic E-state index is 11.5. The molecule has 1 aliphatic carbocycles. The van der Waals surface area contributed by atoms with Crippen LogP contribution in [0.4, 0.5) is 10.6 Å². The first-order valence-corrected chi connectivity index (χ1v) is 5.78. The minimum atomic E-state index is -0.161. The van der Waals surface area contributed by atoms with Crippen LogP contribution < -0.4 is 10.6 Å². The highest BCUT2D eigenvalue weighted by molar-refractivity contribution is 5.88. The topological polar surface area (TPSA) is 69.8 Å². The van der Waals surface area contributed by atoms with E-state index in [2.05, 4.69) is 34.7 Å². The minimum Gasteiger partial charge on any atom is -0.335 e. The normalized spacial score (nSPS) is 15.9. The number of amides is 2. The molecule has 1 heterocycles. The molecule has 0 radical (unpaired) electrons. The van der Waals surface area contributed by atoms with Crippen LogP contribution in [0.3, 0.4) is 0 Å². The second-order valence-corrected chi connectivity index (χ2v) is 4.59. The number of aromatic nitrogens is 2. The third-order valence-electron chi connectivity index (χ3n) is 2.90. The molecule has 0 atom stereocenters. The highest BCUT2D eigenvalue weighted by atomic mass is 16.2. The van der Waals surface area contributed by atoms with Crippen molar-refractivity contribution in [2.24, 2.45) is 0 Å². The average Bonchev–Trinajstić information content (AvgIpc) is 2.60. The number of H-pyrrole nitrogens is 1. The highest BCUT2D eigenvalue weighted by Crippen LogP contribution is 2.18. The van der Waals surface area contributed by atoms with Gasteiger partial charge in [0.1, 0.15) is 0 Å². The molecule has 0 spiro atoms. The number of hydrogen-bond acceptors (Lipinski definition) is 2. The molecule has 1 saturated carbocycles. The van der Waals surface area contributed by atoms with Gasteiger partial charge in [0.15, 0.2) is 5.82 Å². The monoisotopic (exact) mass is 222 g/mol. The number of hydrogen-bond donors (Lipinski definition) is 3. The lowest BCUT2D eigenvalue weighted by Gasteiger charge is -2.26. The van der Waals surface area contributed by atoms with Crippen molar-refractivity contribution in [3.05, 3.63) is 11.8 Å². The summed E-state index contributed by atoms with van der Waals surface area (Å²) in [5.74, 6) is 0.971. The maximum Gasteiger partial charge on any atom is 0.320 e. The molecule has 16 heavy (non-hydrogen) atoms. The van der Waals surface area contributed by atoms with E-state index in [9.17, 15) is 4.79 Å². The van der Waals surface area contributed by atoms with E-state index in [-0.39, 0.29) is 6.03 Å². The Morgan fingerprint density at radius 3 is 2.81 bits per heavy atom. The second-order valence-electron chi connectivity index (χ2n) is 4.59. The van der Waals surface area contributed by atoms with Crippen molar-refractivity contribution >= 4 is 11.8 Å². The van der Waals surface area contributed by atoms with Crippen molar-refractivity contribution in [2.75, 3.05) is 5.32 Å². The van der Waals surface area contributed by atoms with Crippen LogP contribution in [0, 0.1) is 0 Å². The van der Waals surface area contributed by atoms with Crippen LogP contribution >= 0.6 is 0 Å². The Hall–Kier alpha value is -1.52. The summed E-state index contributed by atoms with van der Waals surface area (Å²) in [6.07, 6.45) is 3.39. The first-order chi connectivity index (χ1) is 7.65. The molecular weight excluding hydrogens is 204 g/mol. The molecule has 0 aliphatic heterocycles. The fraction of sp³-hybridized carbons (Fsp3) is 0.636. The summed E-state index contributed by atoms with van der Waals surface area (Å²) in [6.45, 7) is 4.15. The average molecular weight is 222 g/mol. The Bertz CT molecular complexity index is 368. The van der Waals surface area contributed by atoms with Gasteiger partial charge in [0.25, 0.3) is 0 Å². The molecule has 0 saturated heterocycles. The van der Waals surface area contributed by atoms with Crippen LogP contribution in [-0.4, -0.2) is 22.3 Å². The van der Waals surface area contributed by atoms with Crippen LogP contribution in [-0.2, 0) is 0 Å². The lowest BCUT2D eigenvalue weighted by Crippen LogP contribution is -2.41. The number of nitrogens with zero attached hydrogens (tertiary/aromatic N) is 1. The van der Waals surface area contributed by atoms with Gasteiger partial charge >= 0.3 is 6.03 Å². The smallest absolute Gasteiger partial charge is 0.320 e. The number of rotatable bonds is 3. The van der Waals surface area contributed by atoms with E-state index in [1.54, 1.807) is 0 Å². The van der Waals surface area contributed by atoms with E-state index in [0.717, 1.165) is 18.5 Å². The van der Waals surface area contributed by atoms with Gasteiger partial charge in [-0.05, 0) is 25.2 Å². The molecule has 1 fully saturated rings. The van der Waals surface area contributed by atoms with Gasteiger partial charge in [-0.2, -0.15) is 5.10 Å². The Balaban J connectivity index is 1.85. The zero-order valence-electron chi connectivity index (χ0n) is 9.71. The van der Waals surface area contributed by atoms with Gasteiger partial charge in [-0.15, -0.1) is 0 Å². The minimum absolute atomic E-state index is 0.161. The van der Waals surface area contributed by atoms with E-state index in [1.165, 1.54) is 6.42 Å². The van der Waals surface area contributed by atoms with Crippen LogP contribution in [0.5, 0.6) is 0 Å².